The Morgan fingerprint density at radius 2 is 0.939 bits per heavy atom. The van der Waals surface area contributed by atoms with Crippen LogP contribution in [-0.2, 0) is 0 Å². The highest BCUT2D eigenvalue weighted by Crippen LogP contribution is 2.42. The van der Waals surface area contributed by atoms with Crippen molar-refractivity contribution in [3.63, 3.8) is 0 Å². The molecule has 0 saturated heterocycles. The number of rotatable bonds is 5. The van der Waals surface area contributed by atoms with Gasteiger partial charge in [0.25, 0.3) is 0 Å². The van der Waals surface area contributed by atoms with E-state index in [0.29, 0.717) is 5.89 Å². The van der Waals surface area contributed by atoms with E-state index < -0.39 is 0 Å². The number of nitrogens with zero attached hydrogens (tertiary/aromatic N) is 2. The lowest BCUT2D eigenvalue weighted by Crippen LogP contribution is -2.09. The van der Waals surface area contributed by atoms with Crippen LogP contribution in [0, 0.1) is 0 Å². The van der Waals surface area contributed by atoms with E-state index in [1.807, 2.05) is 11.3 Å². The Morgan fingerprint density at radius 1 is 0.408 bits per heavy atom. The maximum atomic E-state index is 6.56. The van der Waals surface area contributed by atoms with E-state index in [0.717, 1.165) is 44.5 Å². The normalized spacial score (nSPS) is 11.7. The number of fused-ring (bicyclic) bond motifs is 9. The quantitative estimate of drug-likeness (QED) is 0.175. The summed E-state index contributed by atoms with van der Waals surface area (Å²) in [6.07, 6.45) is 0. The van der Waals surface area contributed by atoms with Crippen molar-refractivity contribution in [2.75, 3.05) is 4.90 Å². The summed E-state index contributed by atoms with van der Waals surface area (Å²) < 4.78 is 9.15. The molecule has 0 aliphatic heterocycles. The van der Waals surface area contributed by atoms with Crippen LogP contribution in [0.15, 0.2) is 174 Å². The first-order valence-electron chi connectivity index (χ1n) is 16.5. The second-order valence-corrected chi connectivity index (χ2v) is 13.4. The summed E-state index contributed by atoms with van der Waals surface area (Å²) in [7, 11) is 0. The molecule has 2 aromatic heterocycles. The first-order valence-corrected chi connectivity index (χ1v) is 17.3. The lowest BCUT2D eigenvalue weighted by atomic mass is 10.0. The fourth-order valence-electron chi connectivity index (χ4n) is 7.14. The van der Waals surface area contributed by atoms with Crippen LogP contribution < -0.4 is 4.90 Å². The monoisotopic (exact) mass is 644 g/mol. The zero-order chi connectivity index (χ0) is 32.3. The van der Waals surface area contributed by atoms with E-state index in [9.17, 15) is 0 Å². The van der Waals surface area contributed by atoms with E-state index in [1.54, 1.807) is 0 Å². The molecule has 8 aromatic carbocycles. The summed E-state index contributed by atoms with van der Waals surface area (Å²) >= 11 is 1.84. The third-order valence-corrected chi connectivity index (χ3v) is 10.6. The highest BCUT2D eigenvalue weighted by molar-refractivity contribution is 7.25. The van der Waals surface area contributed by atoms with Gasteiger partial charge < -0.3 is 9.32 Å². The molecule has 0 bridgehead atoms. The largest absolute Gasteiger partial charge is 0.435 e. The van der Waals surface area contributed by atoms with E-state index in [4.69, 9.17) is 9.40 Å². The van der Waals surface area contributed by atoms with Gasteiger partial charge >= 0.3 is 0 Å². The van der Waals surface area contributed by atoms with Crippen LogP contribution in [0.4, 0.5) is 17.1 Å². The molecule has 10 aromatic rings. The van der Waals surface area contributed by atoms with Crippen LogP contribution in [0.25, 0.3) is 75.4 Å². The number of benzene rings is 8. The molecule has 0 unspecified atom stereocenters. The summed E-state index contributed by atoms with van der Waals surface area (Å²) in [5.41, 5.74) is 8.30. The zero-order valence-corrected chi connectivity index (χ0v) is 27.2. The maximum Gasteiger partial charge on any atom is 0.227 e. The minimum absolute atomic E-state index is 0.619. The van der Waals surface area contributed by atoms with Crippen molar-refractivity contribution in [2.24, 2.45) is 0 Å². The molecule has 0 fully saturated rings. The molecular weight excluding hydrogens is 617 g/mol. The number of aromatic nitrogens is 1. The van der Waals surface area contributed by atoms with Gasteiger partial charge in [0.15, 0.2) is 5.58 Å². The van der Waals surface area contributed by atoms with Crippen LogP contribution in [0.5, 0.6) is 0 Å². The van der Waals surface area contributed by atoms with Crippen molar-refractivity contribution in [3.05, 3.63) is 170 Å². The second kappa shape index (κ2) is 11.2. The van der Waals surface area contributed by atoms with Gasteiger partial charge in [-0.05, 0) is 82.6 Å². The molecule has 0 radical (unpaired) electrons. The van der Waals surface area contributed by atoms with E-state index >= 15 is 0 Å². The van der Waals surface area contributed by atoms with Gasteiger partial charge in [0.1, 0.15) is 5.52 Å². The Hall–Kier alpha value is -6.23. The molecule has 0 aliphatic rings. The predicted octanol–water partition coefficient (Wildman–Crippen LogP) is 13.3. The Kier molecular flexibility index (Phi) is 6.36. The first-order chi connectivity index (χ1) is 24.3. The standard InChI is InChI=1S/C45H28N2OS/c1-2-10-29(11-3-1)30-18-22-32(23-19-30)47(34-26-27-42-40(28-34)37-14-8-9-17-41(37)49-42)33-24-20-31(21-25-33)45-46-43-38-15-6-4-12-35(38)36-13-5-7-16-39(36)44(43)48-45/h1-28H. The molecular formula is C45H28N2OS. The number of hydrogen-bond donors (Lipinski definition) is 0. The average Bonchev–Trinajstić information content (AvgIpc) is 3.79. The van der Waals surface area contributed by atoms with E-state index in [-0.39, 0.29) is 0 Å². The van der Waals surface area contributed by atoms with Gasteiger partial charge in [-0.3, -0.25) is 0 Å². The zero-order valence-electron chi connectivity index (χ0n) is 26.4. The molecule has 10 rings (SSSR count). The number of anilines is 3. The Morgan fingerprint density at radius 3 is 1.67 bits per heavy atom. The molecule has 0 spiro atoms. The minimum Gasteiger partial charge on any atom is -0.435 e. The van der Waals surface area contributed by atoms with Crippen LogP contribution in [0.2, 0.25) is 0 Å². The van der Waals surface area contributed by atoms with Crippen LogP contribution in [0.3, 0.4) is 0 Å². The molecule has 0 saturated carbocycles. The third-order valence-electron chi connectivity index (χ3n) is 9.49. The Labute approximate surface area is 286 Å². The van der Waals surface area contributed by atoms with Gasteiger partial charge in [0, 0.05) is 53.6 Å². The lowest BCUT2D eigenvalue weighted by Gasteiger charge is -2.26. The number of thiophene rings is 1. The van der Waals surface area contributed by atoms with E-state index in [1.165, 1.54) is 42.1 Å². The highest BCUT2D eigenvalue weighted by atomic mass is 32.1. The van der Waals surface area contributed by atoms with Crippen molar-refractivity contribution in [1.29, 1.82) is 0 Å². The maximum absolute atomic E-state index is 6.56. The van der Waals surface area contributed by atoms with Crippen molar-refractivity contribution >= 4 is 81.2 Å². The van der Waals surface area contributed by atoms with Crippen LogP contribution >= 0.6 is 11.3 Å². The number of hydrogen-bond acceptors (Lipinski definition) is 4. The average molecular weight is 645 g/mol. The SMILES string of the molecule is c1ccc(-c2ccc(N(c3ccc(-c4nc5c6ccccc6c6ccccc6c5o4)cc3)c3ccc4sc5ccccc5c4c3)cc2)cc1. The van der Waals surface area contributed by atoms with Crippen molar-refractivity contribution in [2.45, 2.75) is 0 Å². The van der Waals surface area contributed by atoms with Crippen molar-refractivity contribution in [3.8, 4) is 22.6 Å². The summed E-state index contributed by atoms with van der Waals surface area (Å²) in [5, 5.41) is 7.09. The van der Waals surface area contributed by atoms with Gasteiger partial charge in [-0.2, -0.15) is 0 Å². The molecule has 4 heteroatoms. The fourth-order valence-corrected chi connectivity index (χ4v) is 8.22. The predicted molar refractivity (Wildman–Crippen MR) is 207 cm³/mol. The van der Waals surface area contributed by atoms with Gasteiger partial charge in [-0.25, -0.2) is 4.98 Å². The summed E-state index contributed by atoms with van der Waals surface area (Å²) in [4.78, 5) is 7.40. The second-order valence-electron chi connectivity index (χ2n) is 12.4. The molecule has 230 valence electrons. The molecule has 2 heterocycles. The van der Waals surface area contributed by atoms with Gasteiger partial charge in [-0.1, -0.05) is 109 Å². The van der Waals surface area contributed by atoms with Crippen molar-refractivity contribution < 1.29 is 4.42 Å². The Bertz CT molecular complexity index is 2740. The Balaban J connectivity index is 1.10. The molecule has 3 nitrogen and oxygen atoms in total. The lowest BCUT2D eigenvalue weighted by molar-refractivity contribution is 0.623. The van der Waals surface area contributed by atoms with Gasteiger partial charge in [-0.15, -0.1) is 11.3 Å². The van der Waals surface area contributed by atoms with E-state index in [2.05, 4.69) is 175 Å². The highest BCUT2D eigenvalue weighted by Gasteiger charge is 2.18. The summed E-state index contributed by atoms with van der Waals surface area (Å²) in [6.45, 7) is 0. The van der Waals surface area contributed by atoms with Crippen LogP contribution in [0.1, 0.15) is 0 Å². The van der Waals surface area contributed by atoms with Gasteiger partial charge in [0.2, 0.25) is 5.89 Å². The molecule has 0 N–H and O–H groups in total. The third kappa shape index (κ3) is 4.61. The fraction of sp³-hybridized carbons (Fsp3) is 0. The minimum atomic E-state index is 0.619. The smallest absolute Gasteiger partial charge is 0.227 e. The molecule has 0 aliphatic carbocycles. The van der Waals surface area contributed by atoms with Gasteiger partial charge in [0.05, 0.1) is 0 Å². The molecule has 0 amide bonds. The topological polar surface area (TPSA) is 29.3 Å². The number of oxazole rings is 1. The van der Waals surface area contributed by atoms with Crippen molar-refractivity contribution in [1.82, 2.24) is 4.98 Å². The summed E-state index contributed by atoms with van der Waals surface area (Å²) in [5.74, 6) is 0.619. The molecule has 0 atom stereocenters. The summed E-state index contributed by atoms with van der Waals surface area (Å²) in [6, 6.07) is 60.3. The molecule has 49 heavy (non-hydrogen) atoms. The van der Waals surface area contributed by atoms with Crippen LogP contribution in [-0.4, -0.2) is 4.98 Å². The first kappa shape index (κ1) is 27.8.